The van der Waals surface area contributed by atoms with Gasteiger partial charge in [-0.2, -0.15) is 0 Å². The lowest BCUT2D eigenvalue weighted by molar-refractivity contribution is -0.117. The molecular weight excluding hydrogens is 262 g/mol. The van der Waals surface area contributed by atoms with Crippen molar-refractivity contribution in [3.63, 3.8) is 0 Å². The zero-order valence-electron chi connectivity index (χ0n) is 10.2. The largest absolute Gasteiger partial charge is 0.396 e. The number of aliphatic hydroxyl groups is 1. The summed E-state index contributed by atoms with van der Waals surface area (Å²) in [7, 11) is 0. The molecule has 3 rings (SSSR count). The van der Waals surface area contributed by atoms with Crippen LogP contribution in [0.3, 0.4) is 0 Å². The molecule has 2 heterocycles. The van der Waals surface area contributed by atoms with Gasteiger partial charge in [-0.05, 0) is 0 Å². The quantitative estimate of drug-likeness (QED) is 0.923. The number of anilines is 1. The molecule has 0 radical (unpaired) electrons. The van der Waals surface area contributed by atoms with Crippen molar-refractivity contribution in [3.8, 4) is 10.6 Å². The molecule has 1 amide bonds. The fourth-order valence-corrected chi connectivity index (χ4v) is 2.99. The van der Waals surface area contributed by atoms with Gasteiger partial charge in [0.05, 0.1) is 0 Å². The van der Waals surface area contributed by atoms with Crippen molar-refractivity contribution < 1.29 is 9.90 Å². The lowest BCUT2D eigenvalue weighted by Crippen LogP contribution is -2.24. The molecule has 1 atom stereocenters. The number of carbonyl (C=O) groups excluding carboxylic acids is 1. The van der Waals surface area contributed by atoms with Crippen molar-refractivity contribution in [2.75, 3.05) is 18.1 Å². The lowest BCUT2D eigenvalue weighted by Gasteiger charge is -2.10. The van der Waals surface area contributed by atoms with Crippen LogP contribution in [-0.4, -0.2) is 34.4 Å². The van der Waals surface area contributed by atoms with Crippen LogP contribution < -0.4 is 4.90 Å². The van der Waals surface area contributed by atoms with Crippen molar-refractivity contribution in [2.24, 2.45) is 5.92 Å². The minimum atomic E-state index is 0.00908. The van der Waals surface area contributed by atoms with E-state index < -0.39 is 0 Å². The fourth-order valence-electron chi connectivity index (χ4n) is 2.11. The van der Waals surface area contributed by atoms with Crippen molar-refractivity contribution in [2.45, 2.75) is 6.42 Å². The number of nitrogens with zero attached hydrogens (tertiary/aromatic N) is 3. The zero-order valence-corrected chi connectivity index (χ0v) is 11.0. The molecule has 1 saturated heterocycles. The van der Waals surface area contributed by atoms with Crippen molar-refractivity contribution in [1.82, 2.24) is 10.2 Å². The van der Waals surface area contributed by atoms with Crippen LogP contribution in [-0.2, 0) is 4.79 Å². The third kappa shape index (κ3) is 2.36. The summed E-state index contributed by atoms with van der Waals surface area (Å²) in [6.07, 6.45) is 0.386. The molecule has 2 aromatic rings. The number of aromatic nitrogens is 2. The Bertz CT molecular complexity index is 585. The average molecular weight is 275 g/mol. The predicted molar refractivity (Wildman–Crippen MR) is 72.9 cm³/mol. The molecule has 1 aromatic heterocycles. The smallest absolute Gasteiger partial charge is 0.229 e. The Morgan fingerprint density at radius 1 is 1.32 bits per heavy atom. The Morgan fingerprint density at radius 3 is 2.79 bits per heavy atom. The van der Waals surface area contributed by atoms with Crippen LogP contribution >= 0.6 is 11.3 Å². The highest BCUT2D eigenvalue weighted by atomic mass is 32.1. The van der Waals surface area contributed by atoms with E-state index in [4.69, 9.17) is 5.11 Å². The summed E-state index contributed by atoms with van der Waals surface area (Å²) in [4.78, 5) is 13.5. The number of carbonyl (C=O) groups is 1. The molecule has 1 fully saturated rings. The molecule has 1 aliphatic heterocycles. The second-order valence-electron chi connectivity index (χ2n) is 4.51. The number of aliphatic hydroxyl groups excluding tert-OH is 1. The summed E-state index contributed by atoms with van der Waals surface area (Å²) in [5.41, 5.74) is 0.997. The van der Waals surface area contributed by atoms with Gasteiger partial charge in [0.2, 0.25) is 11.0 Å². The minimum absolute atomic E-state index is 0.00908. The van der Waals surface area contributed by atoms with E-state index in [9.17, 15) is 4.79 Å². The van der Waals surface area contributed by atoms with Gasteiger partial charge in [-0.15, -0.1) is 10.2 Å². The Labute approximate surface area is 114 Å². The first kappa shape index (κ1) is 12.3. The van der Waals surface area contributed by atoms with Gasteiger partial charge < -0.3 is 5.11 Å². The maximum Gasteiger partial charge on any atom is 0.229 e. The maximum absolute atomic E-state index is 11.8. The molecule has 1 unspecified atom stereocenters. The summed E-state index contributed by atoms with van der Waals surface area (Å²) in [6.45, 7) is 0.561. The zero-order chi connectivity index (χ0) is 13.2. The van der Waals surface area contributed by atoms with Gasteiger partial charge in [-0.25, -0.2) is 0 Å². The number of hydrogen-bond donors (Lipinski definition) is 1. The summed E-state index contributed by atoms with van der Waals surface area (Å²) in [6, 6.07) is 9.76. The summed E-state index contributed by atoms with van der Waals surface area (Å²) >= 11 is 1.40. The van der Waals surface area contributed by atoms with Crippen LogP contribution in [0.4, 0.5) is 5.13 Å². The first-order valence-electron chi connectivity index (χ1n) is 6.08. The SMILES string of the molecule is O=C1CC(CO)CN1c1nnc(-c2ccccc2)s1. The first-order chi connectivity index (χ1) is 9.28. The lowest BCUT2D eigenvalue weighted by atomic mass is 10.1. The molecule has 98 valence electrons. The van der Waals surface area contributed by atoms with Gasteiger partial charge in [-0.3, -0.25) is 9.69 Å². The summed E-state index contributed by atoms with van der Waals surface area (Å²) in [5.74, 6) is 0.0198. The van der Waals surface area contributed by atoms with Crippen LogP contribution in [0.15, 0.2) is 30.3 Å². The first-order valence-corrected chi connectivity index (χ1v) is 6.89. The van der Waals surface area contributed by atoms with Gasteiger partial charge in [0.1, 0.15) is 5.01 Å². The number of hydrogen-bond acceptors (Lipinski definition) is 5. The topological polar surface area (TPSA) is 66.3 Å². The summed E-state index contributed by atoms with van der Waals surface area (Å²) < 4.78 is 0. The molecule has 1 aromatic carbocycles. The molecule has 19 heavy (non-hydrogen) atoms. The van der Waals surface area contributed by atoms with E-state index in [1.54, 1.807) is 4.90 Å². The fraction of sp³-hybridized carbons (Fsp3) is 0.308. The molecule has 1 aliphatic rings. The second kappa shape index (κ2) is 5.07. The van der Waals surface area contributed by atoms with E-state index in [1.165, 1.54) is 11.3 Å². The normalized spacial score (nSPS) is 19.1. The Hall–Kier alpha value is -1.79. The number of rotatable bonds is 3. The van der Waals surface area contributed by atoms with Crippen molar-refractivity contribution >= 4 is 22.4 Å². The highest BCUT2D eigenvalue weighted by Gasteiger charge is 2.32. The predicted octanol–water partition coefficient (Wildman–Crippen LogP) is 1.55. The average Bonchev–Trinajstić information content (AvgIpc) is 3.06. The van der Waals surface area contributed by atoms with E-state index in [1.807, 2.05) is 30.3 Å². The molecule has 1 N–H and O–H groups in total. The molecule has 0 aliphatic carbocycles. The van der Waals surface area contributed by atoms with Crippen molar-refractivity contribution in [3.05, 3.63) is 30.3 Å². The van der Waals surface area contributed by atoms with Crippen LogP contribution in [0.5, 0.6) is 0 Å². The third-order valence-corrected chi connectivity index (χ3v) is 4.12. The second-order valence-corrected chi connectivity index (χ2v) is 5.47. The van der Waals surface area contributed by atoms with E-state index in [2.05, 4.69) is 10.2 Å². The maximum atomic E-state index is 11.8. The molecule has 5 nitrogen and oxygen atoms in total. The van der Waals surface area contributed by atoms with E-state index in [0.717, 1.165) is 10.6 Å². The van der Waals surface area contributed by atoms with Gasteiger partial charge in [0.25, 0.3) is 0 Å². The Balaban J connectivity index is 1.84. The summed E-state index contributed by atoms with van der Waals surface area (Å²) in [5, 5.41) is 18.7. The molecule has 0 bridgehead atoms. The van der Waals surface area contributed by atoms with E-state index >= 15 is 0 Å². The number of benzene rings is 1. The molecular formula is C13H13N3O2S. The van der Waals surface area contributed by atoms with Gasteiger partial charge in [0.15, 0.2) is 0 Å². The highest BCUT2D eigenvalue weighted by molar-refractivity contribution is 7.18. The Morgan fingerprint density at radius 2 is 2.11 bits per heavy atom. The minimum Gasteiger partial charge on any atom is -0.396 e. The van der Waals surface area contributed by atoms with Crippen LogP contribution in [0.2, 0.25) is 0 Å². The van der Waals surface area contributed by atoms with Crippen molar-refractivity contribution in [1.29, 1.82) is 0 Å². The van der Waals surface area contributed by atoms with Gasteiger partial charge >= 0.3 is 0 Å². The number of amides is 1. The Kier molecular flexibility index (Phi) is 3.27. The molecule has 6 heteroatoms. The molecule has 0 spiro atoms. The van der Waals surface area contributed by atoms with Crippen LogP contribution in [0.1, 0.15) is 6.42 Å². The highest BCUT2D eigenvalue weighted by Crippen LogP contribution is 2.31. The van der Waals surface area contributed by atoms with Crippen LogP contribution in [0, 0.1) is 5.92 Å². The van der Waals surface area contributed by atoms with Gasteiger partial charge in [-0.1, -0.05) is 41.7 Å². The standard InChI is InChI=1S/C13H13N3O2S/c17-8-9-6-11(18)16(7-9)13-15-14-12(19-13)10-4-2-1-3-5-10/h1-5,9,17H,6-8H2. The van der Waals surface area contributed by atoms with Gasteiger partial charge in [0, 0.05) is 31.1 Å². The monoisotopic (exact) mass is 275 g/mol. The van der Waals surface area contributed by atoms with E-state index in [-0.39, 0.29) is 18.4 Å². The third-order valence-electron chi connectivity index (χ3n) is 3.13. The van der Waals surface area contributed by atoms with Crippen LogP contribution in [0.25, 0.3) is 10.6 Å². The van der Waals surface area contributed by atoms with E-state index in [0.29, 0.717) is 18.1 Å². The molecule has 0 saturated carbocycles.